The Balaban J connectivity index is 3.03. The molecule has 0 atom stereocenters. The van der Waals surface area contributed by atoms with Gasteiger partial charge in [-0.05, 0) is 6.07 Å². The number of thiophene rings is 1. The highest BCUT2D eigenvalue weighted by Gasteiger charge is 2.12. The fourth-order valence-corrected chi connectivity index (χ4v) is 2.11. The molecular weight excluding hydrogens is 207 g/mol. The van der Waals surface area contributed by atoms with E-state index in [1.807, 2.05) is 0 Å². The maximum atomic E-state index is 10.9. The summed E-state index contributed by atoms with van der Waals surface area (Å²) in [5, 5.41) is 8.48. The summed E-state index contributed by atoms with van der Waals surface area (Å²) in [6.07, 6.45) is 0. The van der Waals surface area contributed by atoms with E-state index in [9.17, 15) is 4.79 Å². The third-order valence-corrected chi connectivity index (χ3v) is 2.59. The molecule has 60 valence electrons. The number of hydrogen-bond donors (Lipinski definition) is 1. The molecule has 0 unspecified atom stereocenters. The van der Waals surface area contributed by atoms with Crippen LogP contribution in [0.5, 0.6) is 0 Å². The zero-order valence-electron chi connectivity index (χ0n) is 5.30. The van der Waals surface area contributed by atoms with Crippen molar-refractivity contribution in [3.63, 3.8) is 0 Å². The minimum Gasteiger partial charge on any atom is -0.388 e. The largest absolute Gasteiger partial charge is 0.388 e. The smallest absolute Gasteiger partial charge is 0.190 e. The standard InChI is InChI=1S/C6H4Cl2O2S/c7-5-1-3(4(10)2-9)6(8)11-5/h1,9H,2H2. The van der Waals surface area contributed by atoms with Crippen molar-refractivity contribution in [1.29, 1.82) is 0 Å². The van der Waals surface area contributed by atoms with Crippen LogP contribution >= 0.6 is 34.5 Å². The van der Waals surface area contributed by atoms with Gasteiger partial charge in [0.15, 0.2) is 5.78 Å². The number of aliphatic hydroxyl groups excluding tert-OH is 1. The first-order valence-electron chi connectivity index (χ1n) is 2.74. The van der Waals surface area contributed by atoms with Gasteiger partial charge in [0.25, 0.3) is 0 Å². The Bertz CT molecular complexity index is 282. The third kappa shape index (κ3) is 1.93. The highest BCUT2D eigenvalue weighted by molar-refractivity contribution is 7.20. The van der Waals surface area contributed by atoms with E-state index >= 15 is 0 Å². The van der Waals surface area contributed by atoms with Crippen molar-refractivity contribution in [2.45, 2.75) is 0 Å². The van der Waals surface area contributed by atoms with Crippen LogP contribution in [0.2, 0.25) is 8.67 Å². The number of halogens is 2. The minimum atomic E-state index is -0.535. The highest BCUT2D eigenvalue weighted by atomic mass is 35.5. The number of ketones is 1. The summed E-state index contributed by atoms with van der Waals surface area (Å²) in [7, 11) is 0. The Labute approximate surface area is 77.4 Å². The molecule has 0 bridgehead atoms. The van der Waals surface area contributed by atoms with E-state index in [4.69, 9.17) is 28.3 Å². The predicted molar refractivity (Wildman–Crippen MR) is 45.8 cm³/mol. The quantitative estimate of drug-likeness (QED) is 0.761. The van der Waals surface area contributed by atoms with Gasteiger partial charge in [0, 0.05) is 0 Å². The second-order valence-electron chi connectivity index (χ2n) is 1.82. The normalized spacial score (nSPS) is 10.1. The SMILES string of the molecule is O=C(CO)c1cc(Cl)sc1Cl. The fourth-order valence-electron chi connectivity index (χ4n) is 0.616. The van der Waals surface area contributed by atoms with E-state index in [0.29, 0.717) is 14.2 Å². The molecule has 0 fully saturated rings. The Kier molecular flexibility index (Phi) is 2.90. The Morgan fingerprint density at radius 1 is 1.64 bits per heavy atom. The van der Waals surface area contributed by atoms with Crippen LogP contribution in [-0.2, 0) is 0 Å². The van der Waals surface area contributed by atoms with Gasteiger partial charge in [0.05, 0.1) is 9.90 Å². The maximum absolute atomic E-state index is 10.9. The maximum Gasteiger partial charge on any atom is 0.190 e. The van der Waals surface area contributed by atoms with Gasteiger partial charge in [-0.25, -0.2) is 0 Å². The molecule has 0 aromatic carbocycles. The van der Waals surface area contributed by atoms with Crippen LogP contribution in [0.25, 0.3) is 0 Å². The Morgan fingerprint density at radius 2 is 2.27 bits per heavy atom. The number of hydrogen-bond acceptors (Lipinski definition) is 3. The zero-order valence-corrected chi connectivity index (χ0v) is 7.63. The van der Waals surface area contributed by atoms with Gasteiger partial charge in [-0.2, -0.15) is 0 Å². The molecule has 2 nitrogen and oxygen atoms in total. The van der Waals surface area contributed by atoms with Crippen LogP contribution < -0.4 is 0 Å². The molecule has 1 heterocycles. The molecule has 1 N–H and O–H groups in total. The molecule has 0 aliphatic carbocycles. The second-order valence-corrected chi connectivity index (χ2v) is 4.10. The van der Waals surface area contributed by atoms with Gasteiger partial charge in [0.1, 0.15) is 10.9 Å². The zero-order chi connectivity index (χ0) is 8.43. The molecule has 0 amide bonds. The summed E-state index contributed by atoms with van der Waals surface area (Å²) < 4.78 is 0.779. The van der Waals surface area contributed by atoms with Crippen LogP contribution in [0.4, 0.5) is 0 Å². The van der Waals surface area contributed by atoms with E-state index in [-0.39, 0.29) is 0 Å². The molecule has 0 spiro atoms. The van der Waals surface area contributed by atoms with Gasteiger partial charge in [-0.1, -0.05) is 23.2 Å². The van der Waals surface area contributed by atoms with Crippen LogP contribution in [0, 0.1) is 0 Å². The summed E-state index contributed by atoms with van der Waals surface area (Å²) >= 11 is 12.3. The lowest BCUT2D eigenvalue weighted by Gasteiger charge is -1.90. The summed E-state index contributed by atoms with van der Waals surface area (Å²) in [4.78, 5) is 10.9. The summed E-state index contributed by atoms with van der Waals surface area (Å²) in [5.41, 5.74) is 0.296. The summed E-state index contributed by atoms with van der Waals surface area (Å²) in [6, 6.07) is 1.45. The first-order chi connectivity index (χ1) is 5.15. The first-order valence-corrected chi connectivity index (χ1v) is 4.31. The number of aliphatic hydroxyl groups is 1. The summed E-state index contributed by atoms with van der Waals surface area (Å²) in [5.74, 6) is -0.404. The molecule has 1 aromatic heterocycles. The molecule has 0 saturated carbocycles. The monoisotopic (exact) mass is 210 g/mol. The Hall–Kier alpha value is -0.0900. The van der Waals surface area contributed by atoms with E-state index in [2.05, 4.69) is 0 Å². The summed E-state index contributed by atoms with van der Waals surface area (Å²) in [6.45, 7) is -0.535. The third-order valence-electron chi connectivity index (χ3n) is 1.10. The number of rotatable bonds is 2. The number of Topliss-reactive ketones (excluding diaryl/α,β-unsaturated/α-hetero) is 1. The average molecular weight is 211 g/mol. The van der Waals surface area contributed by atoms with Crippen molar-refractivity contribution in [2.24, 2.45) is 0 Å². The topological polar surface area (TPSA) is 37.3 Å². The van der Waals surface area contributed by atoms with Crippen molar-refractivity contribution < 1.29 is 9.90 Å². The van der Waals surface area contributed by atoms with Gasteiger partial charge >= 0.3 is 0 Å². The van der Waals surface area contributed by atoms with Gasteiger partial charge in [-0.3, -0.25) is 4.79 Å². The van der Waals surface area contributed by atoms with Gasteiger partial charge in [-0.15, -0.1) is 11.3 Å². The molecule has 0 saturated heterocycles. The van der Waals surface area contributed by atoms with Gasteiger partial charge in [0.2, 0.25) is 0 Å². The molecular formula is C6H4Cl2O2S. The van der Waals surface area contributed by atoms with Crippen LogP contribution in [0.3, 0.4) is 0 Å². The van der Waals surface area contributed by atoms with Crippen LogP contribution in [-0.4, -0.2) is 17.5 Å². The van der Waals surface area contributed by atoms with Crippen molar-refractivity contribution in [3.05, 3.63) is 20.3 Å². The minimum absolute atomic E-state index is 0.296. The number of carbonyl (C=O) groups excluding carboxylic acids is 1. The van der Waals surface area contributed by atoms with E-state index in [1.54, 1.807) is 0 Å². The lowest BCUT2D eigenvalue weighted by molar-refractivity contribution is 0.0904. The second kappa shape index (κ2) is 3.54. The highest BCUT2D eigenvalue weighted by Crippen LogP contribution is 2.31. The van der Waals surface area contributed by atoms with E-state index < -0.39 is 12.4 Å². The molecule has 5 heteroatoms. The molecule has 11 heavy (non-hydrogen) atoms. The van der Waals surface area contributed by atoms with Gasteiger partial charge < -0.3 is 5.11 Å². The van der Waals surface area contributed by atoms with Crippen LogP contribution in [0.1, 0.15) is 10.4 Å². The molecule has 1 rings (SSSR count). The first kappa shape index (κ1) is 9.00. The lowest BCUT2D eigenvalue weighted by atomic mass is 10.2. The van der Waals surface area contributed by atoms with E-state index in [1.165, 1.54) is 6.07 Å². The predicted octanol–water partition coefficient (Wildman–Crippen LogP) is 2.23. The van der Waals surface area contributed by atoms with Crippen molar-refractivity contribution in [2.75, 3.05) is 6.61 Å². The van der Waals surface area contributed by atoms with Crippen molar-refractivity contribution in [1.82, 2.24) is 0 Å². The van der Waals surface area contributed by atoms with Crippen molar-refractivity contribution in [3.8, 4) is 0 Å². The van der Waals surface area contributed by atoms with Crippen molar-refractivity contribution >= 4 is 40.3 Å². The molecule has 0 aliphatic heterocycles. The molecule has 0 radical (unpaired) electrons. The number of carbonyl (C=O) groups is 1. The van der Waals surface area contributed by atoms with Crippen LogP contribution in [0.15, 0.2) is 6.07 Å². The molecule has 0 aliphatic rings. The van der Waals surface area contributed by atoms with E-state index in [0.717, 1.165) is 11.3 Å². The Morgan fingerprint density at radius 3 is 2.64 bits per heavy atom. The lowest BCUT2D eigenvalue weighted by Crippen LogP contribution is -2.02. The molecule has 1 aromatic rings. The fraction of sp³-hybridized carbons (Fsp3) is 0.167. The average Bonchev–Trinajstić information content (AvgIpc) is 2.28.